The number of fused-ring (bicyclic) bond motifs is 1. The number of hydrogen-bond acceptors (Lipinski definition) is 7. The zero-order valence-electron chi connectivity index (χ0n) is 18.9. The second-order valence-electron chi connectivity index (χ2n) is 9.21. The van der Waals surface area contributed by atoms with Gasteiger partial charge in [-0.15, -0.1) is 0 Å². The van der Waals surface area contributed by atoms with Crippen molar-refractivity contribution < 1.29 is 13.5 Å². The lowest BCUT2D eigenvalue weighted by Crippen LogP contribution is -2.70. The maximum atomic E-state index is 13.9. The number of alkyl halides is 2. The molecule has 34 heavy (non-hydrogen) atoms. The molecule has 3 aliphatic carbocycles. The summed E-state index contributed by atoms with van der Waals surface area (Å²) < 4.78 is 34.7. The summed E-state index contributed by atoms with van der Waals surface area (Å²) in [6.45, 7) is 2.31. The summed E-state index contributed by atoms with van der Waals surface area (Å²) in [5.74, 6) is 0.785. The van der Waals surface area contributed by atoms with E-state index >= 15 is 0 Å². The second kappa shape index (κ2) is 7.49. The number of nitriles is 2. The molecule has 8 nitrogen and oxygen atoms in total. The number of anilines is 1. The number of nitrogens with zero attached hydrogens (tertiary/aromatic N) is 6. The standard InChI is InChI=1S/C24H21F2N7O/c1-13-7-16(5-4-6-27)8-14(2)18(13)34-20-17-19(29-15(3)33(17)21(25)26)30-22(31-20)32-24-9-23(10-24,11-24)12-28/h4-5,7-8,21H,9-11H2,1-3H3,(H,30,31,32)/b5-4+. The molecule has 1 aromatic carbocycles. The first kappa shape index (κ1) is 21.8. The first-order valence-electron chi connectivity index (χ1n) is 10.8. The van der Waals surface area contributed by atoms with Crippen molar-refractivity contribution in [2.45, 2.75) is 52.1 Å². The molecule has 2 heterocycles. The highest BCUT2D eigenvalue weighted by molar-refractivity contribution is 5.79. The van der Waals surface area contributed by atoms with Crippen LogP contribution in [0.2, 0.25) is 0 Å². The lowest BCUT2D eigenvalue weighted by Gasteiger charge is -2.66. The maximum absolute atomic E-state index is 13.9. The van der Waals surface area contributed by atoms with Crippen molar-refractivity contribution in [1.29, 1.82) is 10.5 Å². The molecule has 172 valence electrons. The molecule has 3 aliphatic rings. The molecule has 0 amide bonds. The summed E-state index contributed by atoms with van der Waals surface area (Å²) in [5, 5.41) is 21.4. The van der Waals surface area contributed by atoms with Crippen molar-refractivity contribution in [3.8, 4) is 23.8 Å². The van der Waals surface area contributed by atoms with Crippen molar-refractivity contribution in [3.05, 3.63) is 40.7 Å². The number of benzene rings is 1. The number of nitrogens with one attached hydrogen (secondary N) is 1. The monoisotopic (exact) mass is 461 g/mol. The molecular formula is C24H21F2N7O. The quantitative estimate of drug-likeness (QED) is 0.493. The second-order valence-corrected chi connectivity index (χ2v) is 9.21. The molecule has 3 fully saturated rings. The molecule has 6 rings (SSSR count). The highest BCUT2D eigenvalue weighted by Gasteiger charge is 2.69. The van der Waals surface area contributed by atoms with Gasteiger partial charge in [0, 0.05) is 11.6 Å². The number of ether oxygens (including phenoxy) is 1. The Balaban J connectivity index is 1.57. The van der Waals surface area contributed by atoms with Crippen LogP contribution in [0.3, 0.4) is 0 Å². The van der Waals surface area contributed by atoms with Crippen molar-refractivity contribution in [3.63, 3.8) is 0 Å². The van der Waals surface area contributed by atoms with E-state index < -0.39 is 6.55 Å². The van der Waals surface area contributed by atoms with E-state index in [1.807, 2.05) is 32.0 Å². The number of allylic oxidation sites excluding steroid dienone is 1. The minimum absolute atomic E-state index is 0.0105. The van der Waals surface area contributed by atoms with E-state index in [0.29, 0.717) is 25.0 Å². The van der Waals surface area contributed by atoms with Crippen LogP contribution >= 0.6 is 0 Å². The van der Waals surface area contributed by atoms with Crippen LogP contribution < -0.4 is 10.1 Å². The summed E-state index contributed by atoms with van der Waals surface area (Å²) in [7, 11) is 0. The molecule has 0 spiro atoms. The molecule has 0 radical (unpaired) electrons. The van der Waals surface area contributed by atoms with E-state index in [0.717, 1.165) is 21.3 Å². The fourth-order valence-electron chi connectivity index (χ4n) is 5.19. The Morgan fingerprint density at radius 3 is 2.38 bits per heavy atom. The van der Waals surface area contributed by atoms with E-state index in [1.54, 1.807) is 6.08 Å². The van der Waals surface area contributed by atoms with Gasteiger partial charge in [0.25, 0.3) is 5.88 Å². The summed E-state index contributed by atoms with van der Waals surface area (Å²) in [6, 6.07) is 7.99. The van der Waals surface area contributed by atoms with Crippen molar-refractivity contribution in [2.75, 3.05) is 5.32 Å². The van der Waals surface area contributed by atoms with Crippen LogP contribution in [0.15, 0.2) is 18.2 Å². The van der Waals surface area contributed by atoms with Gasteiger partial charge in [0.05, 0.1) is 17.6 Å². The zero-order valence-corrected chi connectivity index (χ0v) is 18.9. The van der Waals surface area contributed by atoms with E-state index in [-0.39, 0.29) is 39.8 Å². The number of imidazole rings is 1. The predicted octanol–water partition coefficient (Wildman–Crippen LogP) is 5.33. The van der Waals surface area contributed by atoms with Crippen LogP contribution in [0, 0.1) is 48.8 Å². The molecule has 1 N–H and O–H groups in total. The van der Waals surface area contributed by atoms with Gasteiger partial charge in [0.2, 0.25) is 5.95 Å². The largest absolute Gasteiger partial charge is 0.436 e. The van der Waals surface area contributed by atoms with Crippen LogP contribution in [0.5, 0.6) is 11.6 Å². The number of rotatable bonds is 6. The average molecular weight is 461 g/mol. The smallest absolute Gasteiger partial charge is 0.320 e. The van der Waals surface area contributed by atoms with Gasteiger partial charge in [-0.2, -0.15) is 29.3 Å². The normalized spacial score (nSPS) is 22.8. The van der Waals surface area contributed by atoms with Crippen molar-refractivity contribution in [1.82, 2.24) is 19.5 Å². The first-order chi connectivity index (χ1) is 16.2. The molecule has 0 aliphatic heterocycles. The summed E-state index contributed by atoms with van der Waals surface area (Å²) in [5.41, 5.74) is 1.94. The highest BCUT2D eigenvalue weighted by Crippen LogP contribution is 2.67. The number of aryl methyl sites for hydroxylation is 3. The van der Waals surface area contributed by atoms with Crippen LogP contribution in [0.25, 0.3) is 17.2 Å². The van der Waals surface area contributed by atoms with Crippen molar-refractivity contribution in [2.24, 2.45) is 5.41 Å². The van der Waals surface area contributed by atoms with Gasteiger partial charge in [0.15, 0.2) is 11.2 Å². The maximum Gasteiger partial charge on any atom is 0.320 e. The third-order valence-electron chi connectivity index (χ3n) is 6.56. The third kappa shape index (κ3) is 3.34. The molecule has 2 aromatic heterocycles. The van der Waals surface area contributed by atoms with Gasteiger partial charge in [-0.05, 0) is 74.9 Å². The summed E-state index contributed by atoms with van der Waals surface area (Å²) in [4.78, 5) is 13.1. The summed E-state index contributed by atoms with van der Waals surface area (Å²) >= 11 is 0. The van der Waals surface area contributed by atoms with Crippen molar-refractivity contribution >= 4 is 23.2 Å². The summed E-state index contributed by atoms with van der Waals surface area (Å²) in [6.07, 6.45) is 5.17. The molecule has 0 atom stereocenters. The lowest BCUT2D eigenvalue weighted by molar-refractivity contribution is -0.0665. The zero-order chi connectivity index (χ0) is 24.3. The Morgan fingerprint density at radius 2 is 1.79 bits per heavy atom. The molecular weight excluding hydrogens is 440 g/mol. The van der Waals surface area contributed by atoms with Gasteiger partial charge in [-0.25, -0.2) is 4.98 Å². The minimum Gasteiger partial charge on any atom is -0.436 e. The fraction of sp³-hybridized carbons (Fsp3) is 0.375. The number of aromatic nitrogens is 4. The molecule has 0 saturated heterocycles. The molecule has 0 unspecified atom stereocenters. The van der Waals surface area contributed by atoms with E-state index in [1.165, 1.54) is 13.0 Å². The Labute approximate surface area is 194 Å². The van der Waals surface area contributed by atoms with E-state index in [9.17, 15) is 14.0 Å². The Kier molecular flexibility index (Phi) is 4.80. The number of halogens is 2. The van der Waals surface area contributed by atoms with Gasteiger partial charge in [-0.1, -0.05) is 0 Å². The van der Waals surface area contributed by atoms with E-state index in [4.69, 9.17) is 10.00 Å². The Bertz CT molecular complexity index is 1400. The SMILES string of the molecule is Cc1cc(/C=C/C#N)cc(C)c1Oc1nc(NC23CC(C#N)(C2)C3)nc2nc(C)n(C(F)F)c12. The van der Waals surface area contributed by atoms with Crippen LogP contribution in [-0.2, 0) is 0 Å². The van der Waals surface area contributed by atoms with Crippen LogP contribution in [0.1, 0.15) is 48.3 Å². The number of hydrogen-bond donors (Lipinski definition) is 1. The van der Waals surface area contributed by atoms with Gasteiger partial charge < -0.3 is 10.1 Å². The predicted molar refractivity (Wildman–Crippen MR) is 120 cm³/mol. The average Bonchev–Trinajstić information content (AvgIpc) is 3.06. The van der Waals surface area contributed by atoms with Crippen LogP contribution in [-0.4, -0.2) is 25.1 Å². The topological polar surface area (TPSA) is 112 Å². The fourth-order valence-corrected chi connectivity index (χ4v) is 5.19. The van der Waals surface area contributed by atoms with E-state index in [2.05, 4.69) is 26.3 Å². The third-order valence-corrected chi connectivity index (χ3v) is 6.56. The molecule has 10 heteroatoms. The molecule has 3 aromatic rings. The van der Waals surface area contributed by atoms with Gasteiger partial charge in [-0.3, -0.25) is 4.57 Å². The Morgan fingerprint density at radius 1 is 1.12 bits per heavy atom. The first-order valence-corrected chi connectivity index (χ1v) is 10.8. The lowest BCUT2D eigenvalue weighted by atomic mass is 9.40. The molecule has 2 bridgehead atoms. The van der Waals surface area contributed by atoms with Gasteiger partial charge in [0.1, 0.15) is 11.6 Å². The minimum atomic E-state index is -2.84. The highest BCUT2D eigenvalue weighted by atomic mass is 19.3. The Hall–Kier alpha value is -4.05. The molecule has 3 saturated carbocycles. The van der Waals surface area contributed by atoms with Crippen LogP contribution in [0.4, 0.5) is 14.7 Å². The van der Waals surface area contributed by atoms with Gasteiger partial charge >= 0.3 is 6.55 Å².